The van der Waals surface area contributed by atoms with Crippen molar-refractivity contribution in [3.63, 3.8) is 0 Å². The molecule has 0 bridgehead atoms. The van der Waals surface area contributed by atoms with Crippen molar-refractivity contribution in [3.05, 3.63) is 0 Å². The summed E-state index contributed by atoms with van der Waals surface area (Å²) in [5, 5.41) is 0. The quantitative estimate of drug-likeness (QED) is 0.492. The van der Waals surface area contributed by atoms with E-state index in [1.54, 1.807) is 0 Å². The molecule has 4 nitrogen and oxygen atoms in total. The predicted octanol–water partition coefficient (Wildman–Crippen LogP) is 1.78. The third-order valence-electron chi connectivity index (χ3n) is 2.04. The van der Waals surface area contributed by atoms with Gasteiger partial charge in [-0.15, -0.1) is 0 Å². The fourth-order valence-electron chi connectivity index (χ4n) is 0.739. The van der Waals surface area contributed by atoms with Crippen molar-refractivity contribution in [2.24, 2.45) is 0 Å². The highest BCUT2D eigenvalue weighted by Crippen LogP contribution is 2.12. The van der Waals surface area contributed by atoms with Crippen molar-refractivity contribution < 1.29 is 17.9 Å². The molecule has 0 atom stereocenters. The molecule has 6 heteroatoms. The molecule has 0 N–H and O–H groups in total. The molecule has 15 heavy (non-hydrogen) atoms. The van der Waals surface area contributed by atoms with Crippen LogP contribution in [0.3, 0.4) is 0 Å². The zero-order chi connectivity index (χ0) is 11.9. The lowest BCUT2D eigenvalue weighted by atomic mass is 10.1. The van der Waals surface area contributed by atoms with Crippen LogP contribution in [0.4, 0.5) is 0 Å². The van der Waals surface area contributed by atoms with Gasteiger partial charge in [0.1, 0.15) is 0 Å². The number of halogens is 1. The first-order chi connectivity index (χ1) is 6.77. The number of hydrogen-bond donors (Lipinski definition) is 0. The molecule has 0 aliphatic rings. The van der Waals surface area contributed by atoms with E-state index in [0.29, 0.717) is 13.2 Å². The SMILES string of the molecule is CCC(C)(C)OCCOCCS(=O)(=O)Cl. The van der Waals surface area contributed by atoms with Gasteiger partial charge < -0.3 is 9.47 Å². The van der Waals surface area contributed by atoms with E-state index >= 15 is 0 Å². The lowest BCUT2D eigenvalue weighted by Crippen LogP contribution is -2.25. The van der Waals surface area contributed by atoms with Crippen molar-refractivity contribution in [3.8, 4) is 0 Å². The zero-order valence-electron chi connectivity index (χ0n) is 9.45. The molecule has 0 rings (SSSR count). The van der Waals surface area contributed by atoms with Gasteiger partial charge in [0.25, 0.3) is 0 Å². The van der Waals surface area contributed by atoms with Crippen LogP contribution in [0, 0.1) is 0 Å². The molecule has 0 spiro atoms. The normalized spacial score (nSPS) is 13.1. The van der Waals surface area contributed by atoms with Crippen LogP contribution in [0.15, 0.2) is 0 Å². The maximum Gasteiger partial charge on any atom is 0.234 e. The lowest BCUT2D eigenvalue weighted by Gasteiger charge is -2.23. The Balaban J connectivity index is 3.41. The Morgan fingerprint density at radius 1 is 1.20 bits per heavy atom. The highest BCUT2D eigenvalue weighted by molar-refractivity contribution is 8.13. The molecule has 0 saturated carbocycles. The molecule has 0 radical (unpaired) electrons. The van der Waals surface area contributed by atoms with E-state index < -0.39 is 9.05 Å². The first-order valence-electron chi connectivity index (χ1n) is 4.91. The third-order valence-corrected chi connectivity index (χ3v) is 3.16. The van der Waals surface area contributed by atoms with E-state index in [1.165, 1.54) is 0 Å². The van der Waals surface area contributed by atoms with Crippen LogP contribution in [-0.4, -0.2) is 39.6 Å². The summed E-state index contributed by atoms with van der Waals surface area (Å²) >= 11 is 0. The Hall–Kier alpha value is 0.160. The van der Waals surface area contributed by atoms with Gasteiger partial charge in [-0.1, -0.05) is 6.92 Å². The first-order valence-corrected chi connectivity index (χ1v) is 7.39. The molecule has 0 aromatic heterocycles. The summed E-state index contributed by atoms with van der Waals surface area (Å²) in [6.07, 6.45) is 0.920. The second kappa shape index (κ2) is 6.68. The van der Waals surface area contributed by atoms with Gasteiger partial charge in [-0.3, -0.25) is 0 Å². The number of ether oxygens (including phenoxy) is 2. The molecular formula is C9H19ClO4S. The van der Waals surface area contributed by atoms with Crippen molar-refractivity contribution in [2.45, 2.75) is 32.8 Å². The average Bonchev–Trinajstić information content (AvgIpc) is 2.09. The average molecular weight is 259 g/mol. The van der Waals surface area contributed by atoms with Gasteiger partial charge in [-0.25, -0.2) is 8.42 Å². The lowest BCUT2D eigenvalue weighted by molar-refractivity contribution is -0.0460. The fraction of sp³-hybridized carbons (Fsp3) is 1.00. The number of rotatable bonds is 8. The van der Waals surface area contributed by atoms with E-state index in [1.807, 2.05) is 20.8 Å². The Bertz CT molecular complexity index is 261. The minimum Gasteiger partial charge on any atom is -0.378 e. The fourth-order valence-corrected chi connectivity index (χ4v) is 1.25. The van der Waals surface area contributed by atoms with Crippen molar-refractivity contribution in [2.75, 3.05) is 25.6 Å². The van der Waals surface area contributed by atoms with Crippen LogP contribution in [0.2, 0.25) is 0 Å². The molecule has 0 aliphatic carbocycles. The molecule has 92 valence electrons. The maximum absolute atomic E-state index is 10.5. The van der Waals surface area contributed by atoms with Crippen LogP contribution >= 0.6 is 10.7 Å². The van der Waals surface area contributed by atoms with E-state index in [2.05, 4.69) is 0 Å². The monoisotopic (exact) mass is 258 g/mol. The third kappa shape index (κ3) is 10.4. The van der Waals surface area contributed by atoms with Gasteiger partial charge in [0.2, 0.25) is 9.05 Å². The molecule has 0 aromatic carbocycles. The topological polar surface area (TPSA) is 52.6 Å². The van der Waals surface area contributed by atoms with Gasteiger partial charge in [0.05, 0.1) is 31.2 Å². The molecular weight excluding hydrogens is 240 g/mol. The highest BCUT2D eigenvalue weighted by Gasteiger charge is 2.14. The molecule has 0 unspecified atom stereocenters. The molecule has 0 aromatic rings. The molecule has 0 amide bonds. The van der Waals surface area contributed by atoms with E-state index in [4.69, 9.17) is 20.2 Å². The van der Waals surface area contributed by atoms with Crippen LogP contribution in [-0.2, 0) is 18.5 Å². The summed E-state index contributed by atoms with van der Waals surface area (Å²) in [6, 6.07) is 0. The van der Waals surface area contributed by atoms with Crippen molar-refractivity contribution in [1.29, 1.82) is 0 Å². The first kappa shape index (κ1) is 15.2. The summed E-state index contributed by atoms with van der Waals surface area (Å²) in [5.74, 6) is -0.161. The smallest absolute Gasteiger partial charge is 0.234 e. The summed E-state index contributed by atoms with van der Waals surface area (Å²) in [5.41, 5.74) is -0.151. The molecule has 0 saturated heterocycles. The molecule has 0 heterocycles. The Kier molecular flexibility index (Phi) is 6.75. The van der Waals surface area contributed by atoms with Crippen LogP contribution in [0.25, 0.3) is 0 Å². The zero-order valence-corrected chi connectivity index (χ0v) is 11.0. The number of hydrogen-bond acceptors (Lipinski definition) is 4. The minimum atomic E-state index is -3.44. The van der Waals surface area contributed by atoms with Crippen LogP contribution in [0.1, 0.15) is 27.2 Å². The van der Waals surface area contributed by atoms with Crippen LogP contribution < -0.4 is 0 Å². The molecule has 0 aliphatic heterocycles. The minimum absolute atomic E-state index is 0.113. The van der Waals surface area contributed by atoms with Gasteiger partial charge in [0.15, 0.2) is 0 Å². The van der Waals surface area contributed by atoms with E-state index in [0.717, 1.165) is 6.42 Å². The summed E-state index contributed by atoms with van der Waals surface area (Å²) in [6.45, 7) is 6.99. The van der Waals surface area contributed by atoms with Gasteiger partial charge in [-0.05, 0) is 20.3 Å². The van der Waals surface area contributed by atoms with Gasteiger partial charge in [-0.2, -0.15) is 0 Å². The Labute approximate surface area is 96.3 Å². The second-order valence-corrected chi connectivity index (χ2v) is 6.71. The maximum atomic E-state index is 10.5. The van der Waals surface area contributed by atoms with Gasteiger partial charge >= 0.3 is 0 Å². The molecule has 0 fully saturated rings. The van der Waals surface area contributed by atoms with Crippen molar-refractivity contribution >= 4 is 19.7 Å². The van der Waals surface area contributed by atoms with Crippen molar-refractivity contribution in [1.82, 2.24) is 0 Å². The van der Waals surface area contributed by atoms with E-state index in [-0.39, 0.29) is 18.0 Å². The Morgan fingerprint density at radius 2 is 1.80 bits per heavy atom. The van der Waals surface area contributed by atoms with E-state index in [9.17, 15) is 8.42 Å². The van der Waals surface area contributed by atoms with Crippen LogP contribution in [0.5, 0.6) is 0 Å². The Morgan fingerprint density at radius 3 is 2.27 bits per heavy atom. The highest BCUT2D eigenvalue weighted by atomic mass is 35.7. The standard InChI is InChI=1S/C9H19ClO4S/c1-4-9(2,3)14-6-5-13-7-8-15(10,11)12/h4-8H2,1-3H3. The summed E-state index contributed by atoms with van der Waals surface area (Å²) < 4.78 is 31.6. The summed E-state index contributed by atoms with van der Waals surface area (Å²) in [7, 11) is 1.56. The summed E-state index contributed by atoms with van der Waals surface area (Å²) in [4.78, 5) is 0. The predicted molar refractivity (Wildman–Crippen MR) is 60.8 cm³/mol. The largest absolute Gasteiger partial charge is 0.378 e. The second-order valence-electron chi connectivity index (χ2n) is 3.82. The van der Waals surface area contributed by atoms with Gasteiger partial charge in [0, 0.05) is 10.7 Å².